The van der Waals surface area contributed by atoms with Crippen LogP contribution in [0.1, 0.15) is 45.4 Å². The molecular formula is C14H21IN2O2. The second kappa shape index (κ2) is 9.12. The smallest absolute Gasteiger partial charge is 0.293 e. The molecule has 0 saturated heterocycles. The molecule has 5 heteroatoms. The van der Waals surface area contributed by atoms with Gasteiger partial charge in [0.15, 0.2) is 0 Å². The van der Waals surface area contributed by atoms with Crippen molar-refractivity contribution in [1.82, 2.24) is 0 Å². The quantitative estimate of drug-likeness (QED) is 0.287. The SMILES string of the molecule is CCCCCCCCNc1ccc(I)cc1[N+](=O)[O-]. The maximum Gasteiger partial charge on any atom is 0.293 e. The summed E-state index contributed by atoms with van der Waals surface area (Å²) in [6.45, 7) is 3.00. The molecule has 0 aliphatic rings. The minimum absolute atomic E-state index is 0.165. The van der Waals surface area contributed by atoms with Gasteiger partial charge in [0.25, 0.3) is 5.69 Å². The molecular weight excluding hydrogens is 355 g/mol. The van der Waals surface area contributed by atoms with E-state index in [1.807, 2.05) is 6.07 Å². The number of unbranched alkanes of at least 4 members (excludes halogenated alkanes) is 5. The second-order valence-electron chi connectivity index (χ2n) is 4.61. The molecule has 1 aromatic rings. The summed E-state index contributed by atoms with van der Waals surface area (Å²) in [5.41, 5.74) is 0.789. The number of nitrogens with zero attached hydrogens (tertiary/aromatic N) is 1. The summed E-state index contributed by atoms with van der Waals surface area (Å²) >= 11 is 2.09. The highest BCUT2D eigenvalue weighted by molar-refractivity contribution is 14.1. The van der Waals surface area contributed by atoms with Crippen molar-refractivity contribution in [1.29, 1.82) is 0 Å². The van der Waals surface area contributed by atoms with Gasteiger partial charge >= 0.3 is 0 Å². The Labute approximate surface area is 128 Å². The van der Waals surface area contributed by atoms with Crippen LogP contribution in [0, 0.1) is 13.7 Å². The third-order valence-corrected chi connectivity index (χ3v) is 3.67. The van der Waals surface area contributed by atoms with E-state index in [1.54, 1.807) is 12.1 Å². The number of hydrogen-bond acceptors (Lipinski definition) is 3. The first-order valence-corrected chi connectivity index (χ1v) is 7.91. The summed E-state index contributed by atoms with van der Waals surface area (Å²) < 4.78 is 0.884. The van der Waals surface area contributed by atoms with Crippen LogP contribution < -0.4 is 5.32 Å². The predicted molar refractivity (Wildman–Crippen MR) is 87.7 cm³/mol. The van der Waals surface area contributed by atoms with E-state index < -0.39 is 0 Å². The van der Waals surface area contributed by atoms with Crippen LogP contribution in [0.4, 0.5) is 11.4 Å². The molecule has 106 valence electrons. The summed E-state index contributed by atoms with van der Waals surface area (Å²) in [6, 6.07) is 5.28. The summed E-state index contributed by atoms with van der Waals surface area (Å²) in [4.78, 5) is 10.6. The monoisotopic (exact) mass is 376 g/mol. The lowest BCUT2D eigenvalue weighted by Gasteiger charge is -2.07. The average Bonchev–Trinajstić information content (AvgIpc) is 2.39. The van der Waals surface area contributed by atoms with Gasteiger partial charge in [0, 0.05) is 16.2 Å². The van der Waals surface area contributed by atoms with Crippen molar-refractivity contribution >= 4 is 34.0 Å². The van der Waals surface area contributed by atoms with Gasteiger partial charge in [-0.25, -0.2) is 0 Å². The summed E-state index contributed by atoms with van der Waals surface area (Å²) in [7, 11) is 0. The highest BCUT2D eigenvalue weighted by atomic mass is 127. The fourth-order valence-electron chi connectivity index (χ4n) is 1.93. The highest BCUT2D eigenvalue weighted by Gasteiger charge is 2.13. The summed E-state index contributed by atoms with van der Waals surface area (Å²) in [6.07, 6.45) is 7.35. The maximum atomic E-state index is 10.9. The van der Waals surface area contributed by atoms with Crippen LogP contribution in [0.2, 0.25) is 0 Å². The Balaban J connectivity index is 2.35. The van der Waals surface area contributed by atoms with Crippen molar-refractivity contribution in [2.75, 3.05) is 11.9 Å². The molecule has 19 heavy (non-hydrogen) atoms. The first-order valence-electron chi connectivity index (χ1n) is 6.83. The number of hydrogen-bond donors (Lipinski definition) is 1. The van der Waals surface area contributed by atoms with Crippen LogP contribution in [-0.2, 0) is 0 Å². The number of nitro groups is 1. The fraction of sp³-hybridized carbons (Fsp3) is 0.571. The zero-order chi connectivity index (χ0) is 14.1. The van der Waals surface area contributed by atoms with Gasteiger partial charge < -0.3 is 5.32 Å². The molecule has 1 N–H and O–H groups in total. The maximum absolute atomic E-state index is 10.9. The largest absolute Gasteiger partial charge is 0.379 e. The molecule has 0 radical (unpaired) electrons. The molecule has 0 aromatic heterocycles. The predicted octanol–water partition coefficient (Wildman–Crippen LogP) is 4.97. The van der Waals surface area contributed by atoms with E-state index in [9.17, 15) is 10.1 Å². The molecule has 0 atom stereocenters. The molecule has 4 nitrogen and oxygen atoms in total. The van der Waals surface area contributed by atoms with Crippen LogP contribution >= 0.6 is 22.6 Å². The lowest BCUT2D eigenvalue weighted by molar-refractivity contribution is -0.384. The van der Waals surface area contributed by atoms with Gasteiger partial charge in [0.05, 0.1) is 4.92 Å². The van der Waals surface area contributed by atoms with E-state index in [-0.39, 0.29) is 10.6 Å². The minimum atomic E-state index is -0.328. The number of benzene rings is 1. The molecule has 0 unspecified atom stereocenters. The summed E-state index contributed by atoms with van der Waals surface area (Å²) in [5.74, 6) is 0. The molecule has 0 heterocycles. The number of halogens is 1. The van der Waals surface area contributed by atoms with Crippen molar-refractivity contribution in [3.63, 3.8) is 0 Å². The second-order valence-corrected chi connectivity index (χ2v) is 5.86. The van der Waals surface area contributed by atoms with Gasteiger partial charge in [-0.15, -0.1) is 0 Å². The van der Waals surface area contributed by atoms with E-state index >= 15 is 0 Å². The summed E-state index contributed by atoms with van der Waals surface area (Å²) in [5, 5.41) is 14.1. The first-order chi connectivity index (χ1) is 9.15. The number of nitro benzene ring substituents is 1. The van der Waals surface area contributed by atoms with Crippen LogP contribution in [0.3, 0.4) is 0 Å². The minimum Gasteiger partial charge on any atom is -0.379 e. The molecule has 0 saturated carbocycles. The van der Waals surface area contributed by atoms with E-state index in [1.165, 1.54) is 32.1 Å². The van der Waals surface area contributed by atoms with Crippen molar-refractivity contribution in [2.45, 2.75) is 45.4 Å². The first kappa shape index (κ1) is 16.2. The van der Waals surface area contributed by atoms with Crippen molar-refractivity contribution in [3.05, 3.63) is 31.9 Å². The molecule has 0 bridgehead atoms. The third-order valence-electron chi connectivity index (χ3n) is 3.00. The molecule has 0 aliphatic heterocycles. The molecule has 0 fully saturated rings. The number of rotatable bonds is 9. The highest BCUT2D eigenvalue weighted by Crippen LogP contribution is 2.26. The van der Waals surface area contributed by atoms with E-state index in [0.29, 0.717) is 5.69 Å². The Morgan fingerprint density at radius 1 is 1.21 bits per heavy atom. The molecule has 1 aromatic carbocycles. The zero-order valence-corrected chi connectivity index (χ0v) is 13.5. The van der Waals surface area contributed by atoms with Crippen molar-refractivity contribution in [3.8, 4) is 0 Å². The average molecular weight is 376 g/mol. The van der Waals surface area contributed by atoms with E-state index in [0.717, 1.165) is 16.5 Å². The van der Waals surface area contributed by atoms with Crippen LogP contribution in [0.15, 0.2) is 18.2 Å². The van der Waals surface area contributed by atoms with Crippen LogP contribution in [0.5, 0.6) is 0 Å². The molecule has 0 aliphatic carbocycles. The normalized spacial score (nSPS) is 10.4. The Morgan fingerprint density at radius 2 is 1.89 bits per heavy atom. The molecule has 0 amide bonds. The zero-order valence-electron chi connectivity index (χ0n) is 11.3. The van der Waals surface area contributed by atoms with Crippen molar-refractivity contribution < 1.29 is 4.92 Å². The Morgan fingerprint density at radius 3 is 2.58 bits per heavy atom. The third kappa shape index (κ3) is 6.22. The van der Waals surface area contributed by atoms with Crippen LogP contribution in [0.25, 0.3) is 0 Å². The molecule has 0 spiro atoms. The Hall–Kier alpha value is -0.850. The van der Waals surface area contributed by atoms with Gasteiger partial charge in [-0.1, -0.05) is 39.0 Å². The van der Waals surface area contributed by atoms with Gasteiger partial charge in [-0.05, 0) is 41.1 Å². The standard InChI is InChI=1S/C14H21IN2O2/c1-2-3-4-5-6-7-10-16-13-9-8-12(15)11-14(13)17(18)19/h8-9,11,16H,2-7,10H2,1H3. The fourth-order valence-corrected chi connectivity index (χ4v) is 2.41. The van der Waals surface area contributed by atoms with Crippen LogP contribution in [-0.4, -0.2) is 11.5 Å². The lowest BCUT2D eigenvalue weighted by Crippen LogP contribution is -2.04. The Bertz CT molecular complexity index is 410. The van der Waals surface area contributed by atoms with Gasteiger partial charge in [0.1, 0.15) is 5.69 Å². The Kier molecular flexibility index (Phi) is 7.78. The topological polar surface area (TPSA) is 55.2 Å². The number of anilines is 1. The van der Waals surface area contributed by atoms with E-state index in [4.69, 9.17) is 0 Å². The van der Waals surface area contributed by atoms with Crippen molar-refractivity contribution in [2.24, 2.45) is 0 Å². The lowest BCUT2D eigenvalue weighted by atomic mass is 10.1. The molecule has 1 rings (SSSR count). The van der Waals surface area contributed by atoms with Gasteiger partial charge in [-0.3, -0.25) is 10.1 Å². The van der Waals surface area contributed by atoms with E-state index in [2.05, 4.69) is 34.8 Å². The van der Waals surface area contributed by atoms with Gasteiger partial charge in [-0.2, -0.15) is 0 Å². The number of nitrogens with one attached hydrogen (secondary N) is 1. The van der Waals surface area contributed by atoms with Gasteiger partial charge in [0.2, 0.25) is 0 Å².